The summed E-state index contributed by atoms with van der Waals surface area (Å²) in [6, 6.07) is 0.00259. The molecule has 1 heterocycles. The Kier molecular flexibility index (Phi) is 3.26. The highest BCUT2D eigenvalue weighted by Gasteiger charge is 2.27. The largest absolute Gasteiger partial charge is 0.354 e. The summed E-state index contributed by atoms with van der Waals surface area (Å²) >= 11 is 0. The smallest absolute Gasteiger partial charge is 0.172 e. The van der Waals surface area contributed by atoms with Crippen molar-refractivity contribution in [3.05, 3.63) is 0 Å². The summed E-state index contributed by atoms with van der Waals surface area (Å²) in [6.07, 6.45) is 1.73. The molecule has 2 unspecified atom stereocenters. The van der Waals surface area contributed by atoms with Crippen LogP contribution in [0.4, 0.5) is 0 Å². The second-order valence-corrected chi connectivity index (χ2v) is 2.84. The van der Waals surface area contributed by atoms with Crippen molar-refractivity contribution in [3.8, 4) is 0 Å². The van der Waals surface area contributed by atoms with E-state index in [-0.39, 0.29) is 18.4 Å². The molecule has 1 aliphatic heterocycles. The summed E-state index contributed by atoms with van der Waals surface area (Å²) < 4.78 is 10.5. The molecule has 1 rings (SSSR count). The molecule has 0 aromatic heterocycles. The van der Waals surface area contributed by atoms with Gasteiger partial charge in [-0.15, -0.1) is 0 Å². The minimum Gasteiger partial charge on any atom is -0.354 e. The molecule has 11 heavy (non-hydrogen) atoms. The summed E-state index contributed by atoms with van der Waals surface area (Å²) in [6.45, 7) is 0.548. The molecule has 3 atom stereocenters. The Morgan fingerprint density at radius 2 is 2.27 bits per heavy atom. The Balaban J connectivity index is 2.37. The number of hydrogen-bond donors (Lipinski definition) is 2. The van der Waals surface area contributed by atoms with Crippen molar-refractivity contribution in [1.29, 1.82) is 0 Å². The van der Waals surface area contributed by atoms with Crippen LogP contribution in [0, 0.1) is 0 Å². The molecule has 1 saturated heterocycles. The van der Waals surface area contributed by atoms with E-state index >= 15 is 0 Å². The van der Waals surface area contributed by atoms with Crippen molar-refractivity contribution < 1.29 is 9.47 Å². The van der Waals surface area contributed by atoms with Gasteiger partial charge in [0.25, 0.3) is 0 Å². The van der Waals surface area contributed by atoms with E-state index in [1.807, 2.05) is 0 Å². The summed E-state index contributed by atoms with van der Waals surface area (Å²) in [7, 11) is 1.60. The third kappa shape index (κ3) is 2.13. The second-order valence-electron chi connectivity index (χ2n) is 2.84. The maximum Gasteiger partial charge on any atom is 0.172 e. The highest BCUT2D eigenvalue weighted by molar-refractivity contribution is 4.76. The number of rotatable bonds is 2. The second kappa shape index (κ2) is 4.01. The molecule has 0 aliphatic carbocycles. The van der Waals surface area contributed by atoms with Gasteiger partial charge in [0.15, 0.2) is 6.29 Å². The first kappa shape index (κ1) is 8.93. The van der Waals surface area contributed by atoms with Crippen LogP contribution in [0.2, 0.25) is 0 Å². The van der Waals surface area contributed by atoms with E-state index in [1.165, 1.54) is 0 Å². The van der Waals surface area contributed by atoms with E-state index in [0.29, 0.717) is 6.54 Å². The predicted octanol–water partition coefficient (Wildman–Crippen LogP) is -0.576. The van der Waals surface area contributed by atoms with Crippen molar-refractivity contribution in [1.82, 2.24) is 0 Å². The Morgan fingerprint density at radius 3 is 2.82 bits per heavy atom. The molecule has 0 aromatic carbocycles. The number of ether oxygens (including phenoxy) is 2. The van der Waals surface area contributed by atoms with Crippen molar-refractivity contribution in [3.63, 3.8) is 0 Å². The quantitative estimate of drug-likeness (QED) is 0.567. The highest BCUT2D eigenvalue weighted by atomic mass is 16.7. The van der Waals surface area contributed by atoms with E-state index in [9.17, 15) is 0 Å². The van der Waals surface area contributed by atoms with Crippen molar-refractivity contribution in [2.24, 2.45) is 11.5 Å². The third-order valence-corrected chi connectivity index (χ3v) is 1.99. The lowest BCUT2D eigenvalue weighted by Crippen LogP contribution is -2.47. The molecule has 1 fully saturated rings. The third-order valence-electron chi connectivity index (χ3n) is 1.99. The van der Waals surface area contributed by atoms with Crippen LogP contribution < -0.4 is 11.5 Å². The predicted molar refractivity (Wildman–Crippen MR) is 41.9 cm³/mol. The first-order valence-electron chi connectivity index (χ1n) is 3.92. The molecule has 66 valence electrons. The summed E-state index contributed by atoms with van der Waals surface area (Å²) in [5.41, 5.74) is 11.2. The van der Waals surface area contributed by atoms with Crippen LogP contribution >= 0.6 is 0 Å². The zero-order chi connectivity index (χ0) is 8.27. The van der Waals surface area contributed by atoms with Crippen LogP contribution in [-0.4, -0.2) is 32.1 Å². The lowest BCUT2D eigenvalue weighted by atomic mass is 10.0. The first-order chi connectivity index (χ1) is 5.27. The fourth-order valence-corrected chi connectivity index (χ4v) is 1.28. The molecular weight excluding hydrogens is 144 g/mol. The Bertz CT molecular complexity index is 121. The summed E-state index contributed by atoms with van der Waals surface area (Å²) in [5.74, 6) is 0. The average molecular weight is 160 g/mol. The van der Waals surface area contributed by atoms with Crippen LogP contribution in [0.5, 0.6) is 0 Å². The molecule has 4 nitrogen and oxygen atoms in total. The zero-order valence-corrected chi connectivity index (χ0v) is 6.82. The van der Waals surface area contributed by atoms with Gasteiger partial charge in [-0.2, -0.15) is 0 Å². The van der Waals surface area contributed by atoms with Crippen LogP contribution in [0.25, 0.3) is 0 Å². The van der Waals surface area contributed by atoms with Gasteiger partial charge in [0.1, 0.15) is 0 Å². The van der Waals surface area contributed by atoms with Crippen molar-refractivity contribution >= 4 is 0 Å². The normalized spacial score (nSPS) is 39.0. The number of nitrogens with two attached hydrogens (primary N) is 2. The number of methoxy groups -OCH3 is 1. The van der Waals surface area contributed by atoms with Gasteiger partial charge >= 0.3 is 0 Å². The van der Waals surface area contributed by atoms with Gasteiger partial charge in [-0.3, -0.25) is 0 Å². The van der Waals surface area contributed by atoms with Gasteiger partial charge in [0, 0.05) is 13.7 Å². The summed E-state index contributed by atoms with van der Waals surface area (Å²) in [4.78, 5) is 0. The molecule has 0 amide bonds. The van der Waals surface area contributed by atoms with Crippen LogP contribution in [0.3, 0.4) is 0 Å². The molecule has 0 saturated carbocycles. The van der Waals surface area contributed by atoms with Crippen LogP contribution in [0.1, 0.15) is 12.8 Å². The molecule has 0 aromatic rings. The van der Waals surface area contributed by atoms with Gasteiger partial charge < -0.3 is 20.9 Å². The first-order valence-corrected chi connectivity index (χ1v) is 3.92. The van der Waals surface area contributed by atoms with Crippen LogP contribution in [-0.2, 0) is 9.47 Å². The standard InChI is InChI=1S/C7H16N2O2/c1-10-7-6(9)3-2-5(4-8)11-7/h5-7H,2-4,8-9H2,1H3/t5?,6?,7-/m0/s1. The molecule has 0 bridgehead atoms. The molecule has 4 heteroatoms. The van der Waals surface area contributed by atoms with Crippen molar-refractivity contribution in [2.45, 2.75) is 31.3 Å². The molecular formula is C7H16N2O2. The lowest BCUT2D eigenvalue weighted by Gasteiger charge is -2.32. The summed E-state index contributed by atoms with van der Waals surface area (Å²) in [5, 5.41) is 0. The maximum atomic E-state index is 5.72. The molecule has 4 N–H and O–H groups in total. The average Bonchev–Trinajstić information content (AvgIpc) is 2.05. The minimum absolute atomic E-state index is 0.00259. The zero-order valence-electron chi connectivity index (χ0n) is 6.82. The SMILES string of the molecule is CO[C@H]1OC(CN)CCC1N. The lowest BCUT2D eigenvalue weighted by molar-refractivity contribution is -0.186. The fraction of sp³-hybridized carbons (Fsp3) is 1.00. The number of hydrogen-bond acceptors (Lipinski definition) is 4. The molecule has 1 aliphatic rings. The van der Waals surface area contributed by atoms with Crippen LogP contribution in [0.15, 0.2) is 0 Å². The van der Waals surface area contributed by atoms with E-state index in [1.54, 1.807) is 7.11 Å². The van der Waals surface area contributed by atoms with E-state index in [4.69, 9.17) is 20.9 Å². The van der Waals surface area contributed by atoms with E-state index in [2.05, 4.69) is 0 Å². The molecule has 0 radical (unpaired) electrons. The van der Waals surface area contributed by atoms with Gasteiger partial charge in [0.2, 0.25) is 0 Å². The van der Waals surface area contributed by atoms with E-state index < -0.39 is 0 Å². The Labute approximate surface area is 66.8 Å². The molecule has 0 spiro atoms. The van der Waals surface area contributed by atoms with Gasteiger partial charge in [0.05, 0.1) is 12.1 Å². The van der Waals surface area contributed by atoms with Gasteiger partial charge in [-0.25, -0.2) is 0 Å². The monoisotopic (exact) mass is 160 g/mol. The van der Waals surface area contributed by atoms with Crippen molar-refractivity contribution in [2.75, 3.05) is 13.7 Å². The van der Waals surface area contributed by atoms with Gasteiger partial charge in [-0.1, -0.05) is 0 Å². The minimum atomic E-state index is -0.266. The maximum absolute atomic E-state index is 5.72. The van der Waals surface area contributed by atoms with Gasteiger partial charge in [-0.05, 0) is 12.8 Å². The topological polar surface area (TPSA) is 70.5 Å². The van der Waals surface area contributed by atoms with E-state index in [0.717, 1.165) is 12.8 Å². The Morgan fingerprint density at radius 1 is 1.55 bits per heavy atom. The Hall–Kier alpha value is -0.160. The highest BCUT2D eigenvalue weighted by Crippen LogP contribution is 2.17. The fourth-order valence-electron chi connectivity index (χ4n) is 1.28.